The van der Waals surface area contributed by atoms with E-state index in [-0.39, 0.29) is 37.3 Å². The number of hydrogen-bond donors (Lipinski definition) is 0. The first-order valence-corrected chi connectivity index (χ1v) is 27.4. The second kappa shape index (κ2) is 18.9. The third-order valence-electron chi connectivity index (χ3n) is 16.0. The normalized spacial score (nSPS) is 13.1. The first-order valence-electron chi connectivity index (χ1n) is 27.4. The Kier molecular flexibility index (Phi) is 12.1. The molecule has 13 aromatic rings. The second-order valence-corrected chi connectivity index (χ2v) is 24.3. The molecule has 9 aromatic carbocycles. The molecule has 0 saturated heterocycles. The molecule has 0 spiro atoms. The van der Waals surface area contributed by atoms with E-state index in [1.807, 2.05) is 18.3 Å². The fourth-order valence-electron chi connectivity index (χ4n) is 11.9. The zero-order chi connectivity index (χ0) is 54.1. The number of pyridine rings is 1. The Hall–Kier alpha value is -8.38. The minimum atomic E-state index is -0.0816. The molecule has 4 aromatic heterocycles. The molecule has 0 amide bonds. The Morgan fingerprint density at radius 1 is 0.400 bits per heavy atom. The van der Waals surface area contributed by atoms with E-state index in [4.69, 9.17) is 9.72 Å². The van der Waals surface area contributed by atoms with Gasteiger partial charge in [-0.3, -0.25) is 0 Å². The summed E-state index contributed by atoms with van der Waals surface area (Å²) in [6.45, 7) is 22.8. The topological polar surface area (TPSA) is 43.4 Å². The van der Waals surface area contributed by atoms with E-state index in [1.54, 1.807) is 0 Å². The zero-order valence-electron chi connectivity index (χ0n) is 46.5. The van der Waals surface area contributed by atoms with Crippen LogP contribution in [0.5, 0.6) is 11.5 Å². The maximum absolute atomic E-state index is 6.91. The van der Waals surface area contributed by atoms with Crippen molar-refractivity contribution in [2.45, 2.75) is 78.6 Å². The molecule has 8 heteroatoms. The van der Waals surface area contributed by atoms with Gasteiger partial charge in [0.25, 0.3) is 0 Å². The molecule has 0 atom stereocenters. The molecule has 398 valence electrons. The van der Waals surface area contributed by atoms with Gasteiger partial charge in [-0.05, 0) is 117 Å². The van der Waals surface area contributed by atoms with Gasteiger partial charge in [-0.1, -0.05) is 153 Å². The largest absolute Gasteiger partial charge is 0.509 e. The number of hydrogen-bond acceptors (Lipinski definition) is 4. The fraction of sp³-hybridized carbons (Fsp3) is 0.167. The molecule has 0 unspecified atom stereocenters. The van der Waals surface area contributed by atoms with Crippen molar-refractivity contribution >= 4 is 88.2 Å². The van der Waals surface area contributed by atoms with Crippen molar-refractivity contribution in [1.29, 1.82) is 0 Å². The number of ether oxygens (including phenoxy) is 1. The SMILES string of the molecule is CC(C)(C)c1cc(N2[CH-]N(c3[c-]c(Oc4[c-]c5c(cc4)c4cc(-n6c7ccccc7c7ccccc76)ccc4n5-c4cc(C(C)(C)C)ccn4)ccc3)c3cccc(-n4c5ccccc5c5ccccc54)c32)cc(C(C)(C)C)c1.[Pt]. The summed E-state index contributed by atoms with van der Waals surface area (Å²) in [7, 11) is 0. The molecule has 0 aliphatic carbocycles. The van der Waals surface area contributed by atoms with Gasteiger partial charge in [-0.25, -0.2) is 4.98 Å². The first kappa shape index (κ1) is 51.1. The molecule has 80 heavy (non-hydrogen) atoms. The zero-order valence-corrected chi connectivity index (χ0v) is 48.8. The van der Waals surface area contributed by atoms with E-state index < -0.39 is 0 Å². The molecule has 5 heterocycles. The van der Waals surface area contributed by atoms with E-state index >= 15 is 0 Å². The van der Waals surface area contributed by atoms with Crippen LogP contribution in [0.1, 0.15) is 79.0 Å². The van der Waals surface area contributed by atoms with Gasteiger partial charge in [0.05, 0.1) is 33.4 Å². The Labute approximate surface area is 482 Å². The average molecular weight is 1220 g/mol. The van der Waals surface area contributed by atoms with Crippen LogP contribution < -0.4 is 14.5 Å². The van der Waals surface area contributed by atoms with Crippen molar-refractivity contribution in [3.8, 4) is 28.7 Å². The third-order valence-corrected chi connectivity index (χ3v) is 16.0. The molecule has 0 saturated carbocycles. The van der Waals surface area contributed by atoms with Crippen LogP contribution >= 0.6 is 0 Å². The first-order chi connectivity index (χ1) is 38.1. The summed E-state index contributed by atoms with van der Waals surface area (Å²) in [5.41, 5.74) is 16.3. The van der Waals surface area contributed by atoms with Crippen LogP contribution in [0.2, 0.25) is 0 Å². The summed E-state index contributed by atoms with van der Waals surface area (Å²) >= 11 is 0. The van der Waals surface area contributed by atoms with Gasteiger partial charge in [-0.2, -0.15) is 12.1 Å². The molecular weight excluding hydrogens is 1160 g/mol. The maximum atomic E-state index is 6.91. The van der Waals surface area contributed by atoms with E-state index in [1.165, 1.54) is 49.3 Å². The van der Waals surface area contributed by atoms with E-state index in [9.17, 15) is 0 Å². The molecule has 0 bridgehead atoms. The van der Waals surface area contributed by atoms with Gasteiger partial charge >= 0.3 is 0 Å². The van der Waals surface area contributed by atoms with Crippen LogP contribution in [0.25, 0.3) is 82.6 Å². The van der Waals surface area contributed by atoms with Gasteiger partial charge in [0, 0.05) is 82.9 Å². The Balaban J connectivity index is 0.00000605. The maximum Gasteiger partial charge on any atom is 0.135 e. The van der Waals surface area contributed by atoms with E-state index in [2.05, 4.69) is 287 Å². The fourth-order valence-corrected chi connectivity index (χ4v) is 11.9. The summed E-state index contributed by atoms with van der Waals surface area (Å²) < 4.78 is 14.0. The second-order valence-electron chi connectivity index (χ2n) is 24.3. The molecule has 1 aliphatic heterocycles. The van der Waals surface area contributed by atoms with Crippen LogP contribution in [0, 0.1) is 18.8 Å². The molecule has 14 rings (SSSR count). The minimum absolute atomic E-state index is 0. The summed E-state index contributed by atoms with van der Waals surface area (Å²) in [6, 6.07) is 77.6. The van der Waals surface area contributed by atoms with Gasteiger partial charge in [0.2, 0.25) is 0 Å². The van der Waals surface area contributed by atoms with Gasteiger partial charge in [0.1, 0.15) is 5.82 Å². The van der Waals surface area contributed by atoms with Crippen molar-refractivity contribution in [2.75, 3.05) is 9.80 Å². The molecule has 7 nitrogen and oxygen atoms in total. The molecule has 0 fully saturated rings. The van der Waals surface area contributed by atoms with E-state index in [0.717, 1.165) is 72.8 Å². The smallest absolute Gasteiger partial charge is 0.135 e. The Morgan fingerprint density at radius 2 is 0.938 bits per heavy atom. The summed E-state index contributed by atoms with van der Waals surface area (Å²) in [4.78, 5) is 9.67. The van der Waals surface area contributed by atoms with Gasteiger partial charge in [0.15, 0.2) is 0 Å². The third kappa shape index (κ3) is 8.39. The molecule has 1 aliphatic rings. The standard InChI is InChI=1S/C72H61N6O.Pt/c1-70(2,3)46-36-37-73-68(41-46)78-64-35-32-50(76-60-26-14-10-22-54(60)55-23-11-15-27-61(55)76)43-59(64)58-34-33-53(44-67(58)78)79-52-21-18-20-49(42-52)74-45-75(51-39-47(71(4,5)6)38-48(40-51)72(7,8)9)69-65(74)30-19-31-66(69)77-62-28-16-12-24-56(62)57-25-13-17-29-63(57)77;/h10-41,43,45H,1-9H3;/q-3;. The monoisotopic (exact) mass is 1220 g/mol. The molecule has 0 radical (unpaired) electrons. The predicted octanol–water partition coefficient (Wildman–Crippen LogP) is 19.1. The number of rotatable bonds is 7. The summed E-state index contributed by atoms with van der Waals surface area (Å²) in [6.07, 6.45) is 1.92. The van der Waals surface area contributed by atoms with Crippen LogP contribution in [0.15, 0.2) is 200 Å². The van der Waals surface area contributed by atoms with Crippen molar-refractivity contribution in [3.05, 3.63) is 236 Å². The minimum Gasteiger partial charge on any atom is -0.509 e. The van der Waals surface area contributed by atoms with Gasteiger partial charge < -0.3 is 28.2 Å². The summed E-state index contributed by atoms with van der Waals surface area (Å²) in [5, 5.41) is 7.06. The number of benzene rings is 9. The number of aromatic nitrogens is 4. The van der Waals surface area contributed by atoms with Crippen LogP contribution in [0.3, 0.4) is 0 Å². The predicted molar refractivity (Wildman–Crippen MR) is 329 cm³/mol. The number of anilines is 4. The summed E-state index contributed by atoms with van der Waals surface area (Å²) in [5.74, 6) is 1.98. The number of nitrogens with zero attached hydrogens (tertiary/aromatic N) is 6. The van der Waals surface area contributed by atoms with Crippen molar-refractivity contribution < 1.29 is 25.8 Å². The van der Waals surface area contributed by atoms with Crippen molar-refractivity contribution in [1.82, 2.24) is 18.7 Å². The van der Waals surface area contributed by atoms with Crippen molar-refractivity contribution in [3.63, 3.8) is 0 Å². The van der Waals surface area contributed by atoms with Crippen LogP contribution in [0.4, 0.5) is 22.7 Å². The van der Waals surface area contributed by atoms with Crippen molar-refractivity contribution in [2.24, 2.45) is 0 Å². The Morgan fingerprint density at radius 3 is 1.54 bits per heavy atom. The molecular formula is C72H61N6OPt-3. The molecule has 0 N–H and O–H groups in total. The average Bonchev–Trinajstić information content (AvgIpc) is 3.81. The van der Waals surface area contributed by atoms with E-state index in [0.29, 0.717) is 11.5 Å². The quantitative estimate of drug-likeness (QED) is 0.149. The number of fused-ring (bicyclic) bond motifs is 10. The van der Waals surface area contributed by atoms with Gasteiger partial charge in [-0.15, -0.1) is 48.1 Å². The van der Waals surface area contributed by atoms with Crippen LogP contribution in [-0.4, -0.2) is 18.7 Å². The Bertz CT molecular complexity index is 4450. The number of para-hydroxylation sites is 5. The van der Waals surface area contributed by atoms with Crippen LogP contribution in [-0.2, 0) is 37.3 Å².